The van der Waals surface area contributed by atoms with Gasteiger partial charge in [0.15, 0.2) is 0 Å². The van der Waals surface area contributed by atoms with Crippen molar-refractivity contribution in [2.75, 3.05) is 5.32 Å². The molecule has 0 spiro atoms. The normalized spacial score (nSPS) is 10.2. The summed E-state index contributed by atoms with van der Waals surface area (Å²) in [5, 5.41) is 2.71. The maximum atomic E-state index is 11.8. The van der Waals surface area contributed by atoms with Crippen LogP contribution in [0.15, 0.2) is 67.0 Å². The van der Waals surface area contributed by atoms with Gasteiger partial charge in [0.2, 0.25) is 0 Å². The second kappa shape index (κ2) is 6.58. The van der Waals surface area contributed by atoms with E-state index in [1.54, 1.807) is 18.5 Å². The number of anilines is 1. The number of nitrogens with zero attached hydrogens (tertiary/aromatic N) is 1. The van der Waals surface area contributed by atoms with E-state index in [0.717, 1.165) is 17.0 Å². The number of aromatic amines is 1. The van der Waals surface area contributed by atoms with E-state index in [0.29, 0.717) is 5.69 Å². The highest BCUT2D eigenvalue weighted by molar-refractivity contribution is 5.85. The monoisotopic (exact) mass is 293 g/mol. The standard InChI is InChI=1S/C17H15N3O2/c21-17(22-12-13-5-2-1-3-6-13)20-15-8-4-7-14(11-15)16-18-9-10-19-16/h1-11H,12H2,(H,18,19)(H,20,21). The average molecular weight is 293 g/mol. The lowest BCUT2D eigenvalue weighted by atomic mass is 10.2. The molecule has 2 aromatic carbocycles. The number of hydrogen-bond acceptors (Lipinski definition) is 3. The van der Waals surface area contributed by atoms with Gasteiger partial charge in [-0.1, -0.05) is 42.5 Å². The molecule has 0 saturated heterocycles. The van der Waals surface area contributed by atoms with Crippen LogP contribution in [0, 0.1) is 0 Å². The molecule has 0 unspecified atom stereocenters. The largest absolute Gasteiger partial charge is 0.444 e. The number of benzene rings is 2. The first-order chi connectivity index (χ1) is 10.8. The second-order valence-corrected chi connectivity index (χ2v) is 4.71. The molecule has 1 amide bonds. The molecule has 3 aromatic rings. The SMILES string of the molecule is O=C(Nc1cccc(-c2ncc[nH]2)c1)OCc1ccccc1. The van der Waals surface area contributed by atoms with Crippen LogP contribution in [0.3, 0.4) is 0 Å². The molecular formula is C17H15N3O2. The zero-order valence-corrected chi connectivity index (χ0v) is 11.8. The number of aromatic nitrogens is 2. The fraction of sp³-hybridized carbons (Fsp3) is 0.0588. The number of amides is 1. The van der Waals surface area contributed by atoms with Gasteiger partial charge >= 0.3 is 6.09 Å². The van der Waals surface area contributed by atoms with E-state index in [9.17, 15) is 4.79 Å². The minimum absolute atomic E-state index is 0.241. The summed E-state index contributed by atoms with van der Waals surface area (Å²) in [6.07, 6.45) is 2.95. The lowest BCUT2D eigenvalue weighted by Gasteiger charge is -2.08. The molecule has 2 N–H and O–H groups in total. The highest BCUT2D eigenvalue weighted by atomic mass is 16.5. The van der Waals surface area contributed by atoms with Crippen LogP contribution >= 0.6 is 0 Å². The molecule has 22 heavy (non-hydrogen) atoms. The van der Waals surface area contributed by atoms with Crippen LogP contribution in [0.5, 0.6) is 0 Å². The van der Waals surface area contributed by atoms with Gasteiger partial charge in [-0.2, -0.15) is 0 Å². The molecule has 0 fully saturated rings. The highest BCUT2D eigenvalue weighted by Crippen LogP contribution is 2.19. The van der Waals surface area contributed by atoms with Gasteiger partial charge in [0, 0.05) is 23.6 Å². The Labute approximate surface area is 128 Å². The van der Waals surface area contributed by atoms with Crippen molar-refractivity contribution in [2.24, 2.45) is 0 Å². The number of carbonyl (C=O) groups excluding carboxylic acids is 1. The van der Waals surface area contributed by atoms with Gasteiger partial charge in [-0.15, -0.1) is 0 Å². The molecule has 0 aliphatic heterocycles. The molecule has 1 heterocycles. The Balaban J connectivity index is 1.61. The Morgan fingerprint density at radius 2 is 2.00 bits per heavy atom. The van der Waals surface area contributed by atoms with E-state index in [1.807, 2.05) is 48.5 Å². The molecule has 110 valence electrons. The molecule has 0 radical (unpaired) electrons. The minimum Gasteiger partial charge on any atom is -0.444 e. The summed E-state index contributed by atoms with van der Waals surface area (Å²) in [7, 11) is 0. The van der Waals surface area contributed by atoms with Crippen molar-refractivity contribution in [1.29, 1.82) is 0 Å². The summed E-state index contributed by atoms with van der Waals surface area (Å²) in [5.74, 6) is 0.751. The summed E-state index contributed by atoms with van der Waals surface area (Å²) < 4.78 is 5.19. The first kappa shape index (κ1) is 13.9. The van der Waals surface area contributed by atoms with Crippen LogP contribution in [0.4, 0.5) is 10.5 Å². The van der Waals surface area contributed by atoms with Gasteiger partial charge in [0.05, 0.1) is 0 Å². The van der Waals surface area contributed by atoms with Crippen LogP contribution in [0.1, 0.15) is 5.56 Å². The molecule has 3 rings (SSSR count). The van der Waals surface area contributed by atoms with Crippen molar-refractivity contribution in [2.45, 2.75) is 6.61 Å². The molecule has 5 heteroatoms. The average Bonchev–Trinajstić information content (AvgIpc) is 3.09. The highest BCUT2D eigenvalue weighted by Gasteiger charge is 2.06. The summed E-state index contributed by atoms with van der Waals surface area (Å²) in [6, 6.07) is 17.0. The van der Waals surface area contributed by atoms with E-state index in [1.165, 1.54) is 0 Å². The van der Waals surface area contributed by atoms with Crippen LogP contribution in [-0.4, -0.2) is 16.1 Å². The van der Waals surface area contributed by atoms with Gasteiger partial charge in [0.25, 0.3) is 0 Å². The number of carbonyl (C=O) groups is 1. The lowest BCUT2D eigenvalue weighted by Crippen LogP contribution is -2.13. The molecule has 5 nitrogen and oxygen atoms in total. The van der Waals surface area contributed by atoms with Gasteiger partial charge < -0.3 is 9.72 Å². The Morgan fingerprint density at radius 1 is 1.14 bits per heavy atom. The second-order valence-electron chi connectivity index (χ2n) is 4.71. The lowest BCUT2D eigenvalue weighted by molar-refractivity contribution is 0.155. The predicted octanol–water partition coefficient (Wildman–Crippen LogP) is 3.83. The van der Waals surface area contributed by atoms with E-state index in [4.69, 9.17) is 4.74 Å². The zero-order valence-electron chi connectivity index (χ0n) is 11.8. The number of H-pyrrole nitrogens is 1. The summed E-state index contributed by atoms with van der Waals surface area (Å²) in [5.41, 5.74) is 2.50. The first-order valence-corrected chi connectivity index (χ1v) is 6.89. The van der Waals surface area contributed by atoms with Gasteiger partial charge in [0.1, 0.15) is 12.4 Å². The maximum absolute atomic E-state index is 11.8. The number of imidazole rings is 1. The Hall–Kier alpha value is -3.08. The van der Waals surface area contributed by atoms with E-state index >= 15 is 0 Å². The third-order valence-electron chi connectivity index (χ3n) is 3.09. The third kappa shape index (κ3) is 3.52. The van der Waals surface area contributed by atoms with Crippen molar-refractivity contribution in [3.8, 4) is 11.4 Å². The Kier molecular flexibility index (Phi) is 4.15. The molecule has 0 bridgehead atoms. The minimum atomic E-state index is -0.486. The van der Waals surface area contributed by atoms with E-state index in [-0.39, 0.29) is 6.61 Å². The van der Waals surface area contributed by atoms with Gasteiger partial charge in [-0.05, 0) is 17.7 Å². The molecule has 0 aliphatic carbocycles. The first-order valence-electron chi connectivity index (χ1n) is 6.89. The Bertz CT molecular complexity index is 740. The zero-order chi connectivity index (χ0) is 15.2. The molecule has 0 saturated carbocycles. The smallest absolute Gasteiger partial charge is 0.411 e. The number of ether oxygens (including phenoxy) is 1. The van der Waals surface area contributed by atoms with Crippen LogP contribution in [0.25, 0.3) is 11.4 Å². The van der Waals surface area contributed by atoms with Crippen molar-refractivity contribution >= 4 is 11.8 Å². The number of rotatable bonds is 4. The third-order valence-corrected chi connectivity index (χ3v) is 3.09. The van der Waals surface area contributed by atoms with Crippen molar-refractivity contribution in [3.63, 3.8) is 0 Å². The molecule has 0 atom stereocenters. The van der Waals surface area contributed by atoms with Crippen LogP contribution < -0.4 is 5.32 Å². The van der Waals surface area contributed by atoms with Crippen molar-refractivity contribution in [1.82, 2.24) is 9.97 Å². The van der Waals surface area contributed by atoms with Crippen molar-refractivity contribution in [3.05, 3.63) is 72.6 Å². The van der Waals surface area contributed by atoms with Crippen LogP contribution in [-0.2, 0) is 11.3 Å². The summed E-state index contributed by atoms with van der Waals surface area (Å²) >= 11 is 0. The van der Waals surface area contributed by atoms with E-state index in [2.05, 4.69) is 15.3 Å². The Morgan fingerprint density at radius 3 is 2.77 bits per heavy atom. The van der Waals surface area contributed by atoms with Gasteiger partial charge in [-0.3, -0.25) is 5.32 Å². The quantitative estimate of drug-likeness (QED) is 0.768. The topological polar surface area (TPSA) is 67.0 Å². The fourth-order valence-corrected chi connectivity index (χ4v) is 2.04. The van der Waals surface area contributed by atoms with Gasteiger partial charge in [-0.25, -0.2) is 9.78 Å². The predicted molar refractivity (Wildman–Crippen MR) is 84.3 cm³/mol. The van der Waals surface area contributed by atoms with E-state index < -0.39 is 6.09 Å². The summed E-state index contributed by atoms with van der Waals surface area (Å²) in [4.78, 5) is 19.0. The molecule has 1 aromatic heterocycles. The number of hydrogen-bond donors (Lipinski definition) is 2. The fourth-order valence-electron chi connectivity index (χ4n) is 2.04. The maximum Gasteiger partial charge on any atom is 0.411 e. The van der Waals surface area contributed by atoms with Crippen molar-refractivity contribution < 1.29 is 9.53 Å². The van der Waals surface area contributed by atoms with Crippen LogP contribution in [0.2, 0.25) is 0 Å². The molecule has 0 aliphatic rings. The summed E-state index contributed by atoms with van der Waals surface area (Å²) in [6.45, 7) is 0.241. The number of nitrogens with one attached hydrogen (secondary N) is 2. The molecular weight excluding hydrogens is 278 g/mol.